The number of sulfone groups is 1. The molecule has 0 unspecified atom stereocenters. The molecule has 2 heterocycles. The van der Waals surface area contributed by atoms with Crippen LogP contribution in [-0.2, 0) is 14.6 Å². The summed E-state index contributed by atoms with van der Waals surface area (Å²) in [5, 5.41) is 3.46. The van der Waals surface area contributed by atoms with Gasteiger partial charge in [-0.05, 0) is 62.4 Å². The number of hydrogen-bond acceptors (Lipinski definition) is 8. The van der Waals surface area contributed by atoms with Crippen LogP contribution in [0, 0.1) is 0 Å². The lowest BCUT2D eigenvalue weighted by molar-refractivity contribution is -0.114. The van der Waals surface area contributed by atoms with E-state index in [4.69, 9.17) is 9.47 Å². The molecule has 0 bridgehead atoms. The Kier molecular flexibility index (Phi) is 7.14. The number of amidine groups is 1. The molecular formula is C23H27N3O5S2. The third-order valence-corrected chi connectivity index (χ3v) is 8.49. The van der Waals surface area contributed by atoms with E-state index < -0.39 is 9.84 Å². The Balaban J connectivity index is 1.52. The number of aliphatic imine (C=N–C) groups is 1. The summed E-state index contributed by atoms with van der Waals surface area (Å²) in [6.45, 7) is 5.01. The van der Waals surface area contributed by atoms with Crippen LogP contribution in [0.3, 0.4) is 0 Å². The number of nitrogens with zero attached hydrogens (tertiary/aromatic N) is 2. The molecule has 1 saturated heterocycles. The topological polar surface area (TPSA) is 97.3 Å². The van der Waals surface area contributed by atoms with Gasteiger partial charge in [0.2, 0.25) is 5.91 Å². The van der Waals surface area contributed by atoms with E-state index in [1.165, 1.54) is 11.8 Å². The number of thioether (sulfide) groups is 1. The summed E-state index contributed by atoms with van der Waals surface area (Å²) < 4.78 is 34.9. The maximum absolute atomic E-state index is 12.9. The Morgan fingerprint density at radius 1 is 1.03 bits per heavy atom. The predicted molar refractivity (Wildman–Crippen MR) is 132 cm³/mol. The summed E-state index contributed by atoms with van der Waals surface area (Å²) >= 11 is 1.43. The first-order chi connectivity index (χ1) is 15.9. The van der Waals surface area contributed by atoms with E-state index in [0.717, 1.165) is 17.2 Å². The Bertz CT molecular complexity index is 1120. The van der Waals surface area contributed by atoms with E-state index in [2.05, 4.69) is 10.3 Å². The molecule has 0 aliphatic carbocycles. The molecule has 33 heavy (non-hydrogen) atoms. The van der Waals surface area contributed by atoms with Crippen molar-refractivity contribution in [2.24, 2.45) is 4.99 Å². The number of anilines is 2. The zero-order valence-electron chi connectivity index (χ0n) is 18.6. The molecule has 176 valence electrons. The minimum absolute atomic E-state index is 0.0409. The molecule has 1 N–H and O–H groups in total. The Morgan fingerprint density at radius 2 is 1.64 bits per heavy atom. The highest BCUT2D eigenvalue weighted by Crippen LogP contribution is 2.37. The first-order valence-electron chi connectivity index (χ1n) is 10.8. The molecule has 1 amide bonds. The zero-order valence-corrected chi connectivity index (χ0v) is 20.2. The number of fused-ring (bicyclic) bond motifs is 1. The maximum atomic E-state index is 12.9. The smallest absolute Gasteiger partial charge is 0.244 e. The Hall–Kier alpha value is -2.72. The monoisotopic (exact) mass is 489 g/mol. The molecule has 0 spiro atoms. The molecule has 0 saturated carbocycles. The fourth-order valence-corrected chi connectivity index (χ4v) is 7.55. The highest BCUT2D eigenvalue weighted by Gasteiger charge is 2.44. The summed E-state index contributed by atoms with van der Waals surface area (Å²) in [5.41, 5.74) is 1.45. The molecule has 2 atom stereocenters. The van der Waals surface area contributed by atoms with Crippen LogP contribution in [0.5, 0.6) is 11.5 Å². The van der Waals surface area contributed by atoms with E-state index in [1.807, 2.05) is 55.1 Å². The molecule has 2 aromatic carbocycles. The second-order valence-corrected chi connectivity index (χ2v) is 11.1. The van der Waals surface area contributed by atoms with Crippen LogP contribution in [0.15, 0.2) is 53.5 Å². The molecule has 4 rings (SSSR count). The van der Waals surface area contributed by atoms with Crippen molar-refractivity contribution >= 4 is 44.0 Å². The van der Waals surface area contributed by atoms with Crippen LogP contribution in [0.25, 0.3) is 0 Å². The highest BCUT2D eigenvalue weighted by atomic mass is 32.2. The van der Waals surface area contributed by atoms with Crippen molar-refractivity contribution in [2.75, 3.05) is 41.5 Å². The van der Waals surface area contributed by atoms with Crippen LogP contribution in [0.4, 0.5) is 11.4 Å². The van der Waals surface area contributed by atoms with Crippen molar-refractivity contribution in [3.8, 4) is 11.5 Å². The number of carbonyl (C=O) groups is 1. The second-order valence-electron chi connectivity index (χ2n) is 7.73. The fourth-order valence-electron chi connectivity index (χ4n) is 3.77. The lowest BCUT2D eigenvalue weighted by atomic mass is 10.2. The van der Waals surface area contributed by atoms with E-state index in [9.17, 15) is 13.2 Å². The average molecular weight is 490 g/mol. The van der Waals surface area contributed by atoms with Gasteiger partial charge < -0.3 is 19.7 Å². The van der Waals surface area contributed by atoms with Gasteiger partial charge in [0.15, 0.2) is 15.0 Å². The predicted octanol–water partition coefficient (Wildman–Crippen LogP) is 3.20. The highest BCUT2D eigenvalue weighted by molar-refractivity contribution is 8.15. The molecule has 1 fully saturated rings. The number of ether oxygens (including phenoxy) is 2. The zero-order chi connectivity index (χ0) is 23.4. The van der Waals surface area contributed by atoms with Crippen LogP contribution >= 0.6 is 11.8 Å². The van der Waals surface area contributed by atoms with Crippen molar-refractivity contribution in [3.63, 3.8) is 0 Å². The maximum Gasteiger partial charge on any atom is 0.244 e. The van der Waals surface area contributed by atoms with Gasteiger partial charge in [-0.3, -0.25) is 9.79 Å². The van der Waals surface area contributed by atoms with Gasteiger partial charge >= 0.3 is 0 Å². The molecule has 2 aromatic rings. The summed E-state index contributed by atoms with van der Waals surface area (Å²) in [4.78, 5) is 19.4. The van der Waals surface area contributed by atoms with Crippen molar-refractivity contribution in [3.05, 3.63) is 48.5 Å². The molecule has 2 aliphatic rings. The third-order valence-electron chi connectivity index (χ3n) is 5.25. The number of amides is 1. The molecule has 0 radical (unpaired) electrons. The number of nitrogens with one attached hydrogen (secondary N) is 1. The van der Waals surface area contributed by atoms with E-state index in [-0.39, 0.29) is 35.2 Å². The minimum Gasteiger partial charge on any atom is -0.494 e. The van der Waals surface area contributed by atoms with E-state index in [1.54, 1.807) is 12.1 Å². The van der Waals surface area contributed by atoms with Gasteiger partial charge in [-0.15, -0.1) is 0 Å². The van der Waals surface area contributed by atoms with Gasteiger partial charge in [-0.25, -0.2) is 8.42 Å². The second kappa shape index (κ2) is 10.0. The van der Waals surface area contributed by atoms with Crippen LogP contribution in [0.2, 0.25) is 0 Å². The SMILES string of the molecule is CCOc1ccc(NC(=O)CN(C2=N[C@@H]3CS(=O)(=O)C[C@@H]3S2)c2ccc(OCC)cc2)cc1. The molecule has 2 aliphatic heterocycles. The summed E-state index contributed by atoms with van der Waals surface area (Å²) in [5.74, 6) is 1.45. The lowest BCUT2D eigenvalue weighted by Gasteiger charge is -2.24. The molecule has 0 aromatic heterocycles. The average Bonchev–Trinajstić information content (AvgIpc) is 3.28. The normalized spacial score (nSPS) is 20.6. The van der Waals surface area contributed by atoms with Gasteiger partial charge in [0.05, 0.1) is 30.8 Å². The first kappa shape index (κ1) is 23.4. The van der Waals surface area contributed by atoms with Gasteiger partial charge in [0.1, 0.15) is 18.0 Å². The minimum atomic E-state index is -3.06. The summed E-state index contributed by atoms with van der Waals surface area (Å²) in [6, 6.07) is 14.4. The van der Waals surface area contributed by atoms with Crippen molar-refractivity contribution in [1.82, 2.24) is 0 Å². The first-order valence-corrected chi connectivity index (χ1v) is 13.5. The van der Waals surface area contributed by atoms with Crippen LogP contribution < -0.4 is 19.7 Å². The van der Waals surface area contributed by atoms with Crippen LogP contribution in [0.1, 0.15) is 13.8 Å². The van der Waals surface area contributed by atoms with Gasteiger partial charge in [-0.1, -0.05) is 11.8 Å². The quantitative estimate of drug-likeness (QED) is 0.608. The number of carbonyl (C=O) groups excluding carboxylic acids is 1. The van der Waals surface area contributed by atoms with Crippen LogP contribution in [-0.4, -0.2) is 62.0 Å². The van der Waals surface area contributed by atoms with E-state index in [0.29, 0.717) is 24.1 Å². The Morgan fingerprint density at radius 3 is 2.21 bits per heavy atom. The summed E-state index contributed by atoms with van der Waals surface area (Å²) in [7, 11) is -3.06. The number of rotatable bonds is 8. The number of benzene rings is 2. The van der Waals surface area contributed by atoms with E-state index >= 15 is 0 Å². The standard InChI is InChI=1S/C23H27N3O5S2/c1-3-30-18-9-5-16(6-10-18)24-22(27)13-26(17-7-11-19(12-8-17)31-4-2)23-25-20-14-33(28,29)15-21(20)32-23/h5-12,20-21H,3-4,13-15H2,1-2H3,(H,24,27)/t20-,21+/m1/s1. The van der Waals surface area contributed by atoms with Gasteiger partial charge in [-0.2, -0.15) is 0 Å². The molecule has 8 nitrogen and oxygen atoms in total. The Labute approximate surface area is 198 Å². The van der Waals surface area contributed by atoms with Crippen molar-refractivity contribution < 1.29 is 22.7 Å². The fraction of sp³-hybridized carbons (Fsp3) is 0.391. The van der Waals surface area contributed by atoms with Crippen molar-refractivity contribution in [1.29, 1.82) is 0 Å². The third kappa shape index (κ3) is 5.80. The molecule has 10 heteroatoms. The van der Waals surface area contributed by atoms with Gasteiger partial charge in [0, 0.05) is 16.6 Å². The largest absolute Gasteiger partial charge is 0.494 e. The van der Waals surface area contributed by atoms with Crippen molar-refractivity contribution in [2.45, 2.75) is 25.1 Å². The number of hydrogen-bond donors (Lipinski definition) is 1. The summed E-state index contributed by atoms with van der Waals surface area (Å²) in [6.07, 6.45) is 0. The lowest BCUT2D eigenvalue weighted by Crippen LogP contribution is -2.36. The van der Waals surface area contributed by atoms with Gasteiger partial charge in [0.25, 0.3) is 0 Å². The molecular weight excluding hydrogens is 462 g/mol.